The van der Waals surface area contributed by atoms with Crippen molar-refractivity contribution in [1.82, 2.24) is 0 Å². The highest BCUT2D eigenvalue weighted by atomic mass is 16.4. The molecule has 0 heterocycles. The monoisotopic (exact) mass is 154 g/mol. The Morgan fingerprint density at radius 1 is 1.45 bits per heavy atom. The summed E-state index contributed by atoms with van der Waals surface area (Å²) in [5.74, 6) is -0.640. The molecule has 0 amide bonds. The van der Waals surface area contributed by atoms with Crippen molar-refractivity contribution in [2.45, 2.75) is 33.1 Å². The van der Waals surface area contributed by atoms with Crippen LogP contribution in [-0.2, 0) is 4.79 Å². The zero-order chi connectivity index (χ0) is 8.28. The lowest BCUT2D eigenvalue weighted by molar-refractivity contribution is -0.140. The van der Waals surface area contributed by atoms with E-state index < -0.39 is 5.97 Å². The summed E-state index contributed by atoms with van der Waals surface area (Å²) in [5, 5.41) is 8.89. The molecule has 2 saturated carbocycles. The molecule has 0 aromatic carbocycles. The number of carboxylic acids is 1. The fourth-order valence-corrected chi connectivity index (χ4v) is 2.98. The molecule has 2 heteroatoms. The number of carbonyl (C=O) groups is 1. The standard InChI is InChI=1S/C9H14O2/c1-8(2)6(7(10)11)9(8)4-3-5-9/h6H,3-5H2,1-2H3,(H,10,11). The van der Waals surface area contributed by atoms with Gasteiger partial charge < -0.3 is 5.11 Å². The highest BCUT2D eigenvalue weighted by Crippen LogP contribution is 2.77. The van der Waals surface area contributed by atoms with E-state index in [0.717, 1.165) is 12.8 Å². The van der Waals surface area contributed by atoms with E-state index in [1.54, 1.807) is 0 Å². The zero-order valence-corrected chi connectivity index (χ0v) is 7.05. The van der Waals surface area contributed by atoms with E-state index in [2.05, 4.69) is 13.8 Å². The molecule has 1 N–H and O–H groups in total. The Labute approximate surface area is 66.6 Å². The molecular formula is C9H14O2. The third-order valence-corrected chi connectivity index (χ3v) is 3.97. The Balaban J connectivity index is 2.22. The van der Waals surface area contributed by atoms with Crippen LogP contribution in [-0.4, -0.2) is 11.1 Å². The Bertz CT molecular complexity index is 214. The summed E-state index contributed by atoms with van der Waals surface area (Å²) in [7, 11) is 0. The van der Waals surface area contributed by atoms with Gasteiger partial charge in [-0.2, -0.15) is 0 Å². The highest BCUT2D eigenvalue weighted by Gasteiger charge is 2.75. The van der Waals surface area contributed by atoms with E-state index in [1.165, 1.54) is 6.42 Å². The lowest BCUT2D eigenvalue weighted by Gasteiger charge is -2.29. The van der Waals surface area contributed by atoms with Gasteiger partial charge in [0, 0.05) is 0 Å². The van der Waals surface area contributed by atoms with Crippen LogP contribution in [0.25, 0.3) is 0 Å². The van der Waals surface area contributed by atoms with E-state index in [1.807, 2.05) is 0 Å². The van der Waals surface area contributed by atoms with Crippen molar-refractivity contribution in [2.75, 3.05) is 0 Å². The first kappa shape index (κ1) is 7.14. The van der Waals surface area contributed by atoms with Crippen molar-refractivity contribution in [3.63, 3.8) is 0 Å². The molecule has 0 bridgehead atoms. The number of rotatable bonds is 1. The molecule has 0 aliphatic heterocycles. The Hall–Kier alpha value is -0.530. The maximum absolute atomic E-state index is 10.8. The molecule has 1 atom stereocenters. The van der Waals surface area contributed by atoms with Crippen molar-refractivity contribution in [3.05, 3.63) is 0 Å². The fourth-order valence-electron chi connectivity index (χ4n) is 2.98. The average molecular weight is 154 g/mol. The smallest absolute Gasteiger partial charge is 0.307 e. The number of carboxylic acid groups (broad SMARTS) is 1. The second kappa shape index (κ2) is 1.62. The van der Waals surface area contributed by atoms with Gasteiger partial charge in [0.25, 0.3) is 0 Å². The van der Waals surface area contributed by atoms with Crippen molar-refractivity contribution in [2.24, 2.45) is 16.7 Å². The first-order chi connectivity index (χ1) is 5.02. The van der Waals surface area contributed by atoms with E-state index >= 15 is 0 Å². The van der Waals surface area contributed by atoms with Gasteiger partial charge in [-0.25, -0.2) is 0 Å². The minimum absolute atomic E-state index is 0.0521. The second-order valence-corrected chi connectivity index (χ2v) is 4.50. The van der Waals surface area contributed by atoms with Gasteiger partial charge in [0.2, 0.25) is 0 Å². The Morgan fingerprint density at radius 2 is 2.00 bits per heavy atom. The van der Waals surface area contributed by atoms with Crippen LogP contribution in [0.1, 0.15) is 33.1 Å². The van der Waals surface area contributed by atoms with Crippen molar-refractivity contribution in [1.29, 1.82) is 0 Å². The van der Waals surface area contributed by atoms with Crippen LogP contribution in [0.15, 0.2) is 0 Å². The third-order valence-electron chi connectivity index (χ3n) is 3.97. The minimum atomic E-state index is -0.588. The van der Waals surface area contributed by atoms with Gasteiger partial charge in [0.1, 0.15) is 0 Å². The summed E-state index contributed by atoms with van der Waals surface area (Å²) in [4.78, 5) is 10.8. The lowest BCUT2D eigenvalue weighted by atomic mass is 9.75. The molecule has 0 saturated heterocycles. The molecule has 62 valence electrons. The van der Waals surface area contributed by atoms with Gasteiger partial charge >= 0.3 is 5.97 Å². The lowest BCUT2D eigenvalue weighted by Crippen LogP contribution is -2.20. The molecular weight excluding hydrogens is 140 g/mol. The number of hydrogen-bond acceptors (Lipinski definition) is 1. The topological polar surface area (TPSA) is 37.3 Å². The first-order valence-corrected chi connectivity index (χ1v) is 4.25. The summed E-state index contributed by atoms with van der Waals surface area (Å²) in [6.07, 6.45) is 3.50. The summed E-state index contributed by atoms with van der Waals surface area (Å²) in [6, 6.07) is 0. The van der Waals surface area contributed by atoms with Crippen LogP contribution in [0.4, 0.5) is 0 Å². The van der Waals surface area contributed by atoms with Crippen LogP contribution >= 0.6 is 0 Å². The molecule has 2 rings (SSSR count). The normalized spacial score (nSPS) is 36.4. The average Bonchev–Trinajstić information content (AvgIpc) is 2.25. The summed E-state index contributed by atoms with van der Waals surface area (Å²) < 4.78 is 0. The maximum atomic E-state index is 10.8. The summed E-state index contributed by atoms with van der Waals surface area (Å²) >= 11 is 0. The fraction of sp³-hybridized carbons (Fsp3) is 0.889. The summed E-state index contributed by atoms with van der Waals surface area (Å²) in [6.45, 7) is 4.18. The molecule has 2 aliphatic rings. The van der Waals surface area contributed by atoms with Crippen LogP contribution < -0.4 is 0 Å². The van der Waals surface area contributed by atoms with Gasteiger partial charge in [-0.1, -0.05) is 20.3 Å². The van der Waals surface area contributed by atoms with Gasteiger partial charge in [-0.15, -0.1) is 0 Å². The molecule has 1 unspecified atom stereocenters. The Kier molecular flexibility index (Phi) is 1.05. The van der Waals surface area contributed by atoms with Crippen LogP contribution in [0.3, 0.4) is 0 Å². The van der Waals surface area contributed by atoms with Crippen molar-refractivity contribution < 1.29 is 9.90 Å². The zero-order valence-electron chi connectivity index (χ0n) is 7.05. The summed E-state index contributed by atoms with van der Waals surface area (Å²) in [5.41, 5.74) is 0.288. The van der Waals surface area contributed by atoms with Gasteiger partial charge in [0.05, 0.1) is 5.92 Å². The van der Waals surface area contributed by atoms with Gasteiger partial charge in [0.15, 0.2) is 0 Å². The van der Waals surface area contributed by atoms with Gasteiger partial charge in [-0.05, 0) is 23.7 Å². The predicted octanol–water partition coefficient (Wildman–Crippen LogP) is 1.90. The molecule has 0 aromatic rings. The molecule has 2 fully saturated rings. The first-order valence-electron chi connectivity index (χ1n) is 4.25. The van der Waals surface area contributed by atoms with E-state index in [9.17, 15) is 4.79 Å². The van der Waals surface area contributed by atoms with Crippen LogP contribution in [0.2, 0.25) is 0 Å². The molecule has 11 heavy (non-hydrogen) atoms. The minimum Gasteiger partial charge on any atom is -0.481 e. The molecule has 2 nitrogen and oxygen atoms in total. The van der Waals surface area contributed by atoms with Crippen LogP contribution in [0, 0.1) is 16.7 Å². The third kappa shape index (κ3) is 0.569. The largest absolute Gasteiger partial charge is 0.481 e. The van der Waals surface area contributed by atoms with Gasteiger partial charge in [-0.3, -0.25) is 4.79 Å². The SMILES string of the molecule is CC1(C)C(C(=O)O)C12CCC2. The van der Waals surface area contributed by atoms with E-state index in [0.29, 0.717) is 0 Å². The maximum Gasteiger partial charge on any atom is 0.307 e. The number of aliphatic carboxylic acids is 1. The predicted molar refractivity (Wildman–Crippen MR) is 41.2 cm³/mol. The van der Waals surface area contributed by atoms with Crippen LogP contribution in [0.5, 0.6) is 0 Å². The molecule has 0 aromatic heterocycles. The van der Waals surface area contributed by atoms with Crippen molar-refractivity contribution >= 4 is 5.97 Å². The second-order valence-electron chi connectivity index (χ2n) is 4.50. The van der Waals surface area contributed by atoms with E-state index in [4.69, 9.17) is 5.11 Å². The quantitative estimate of drug-likeness (QED) is 0.626. The van der Waals surface area contributed by atoms with Crippen molar-refractivity contribution in [3.8, 4) is 0 Å². The molecule has 1 spiro atoms. The Morgan fingerprint density at radius 3 is 2.09 bits per heavy atom. The molecule has 2 aliphatic carbocycles. The van der Waals surface area contributed by atoms with E-state index in [-0.39, 0.29) is 16.7 Å². The highest BCUT2D eigenvalue weighted by molar-refractivity contribution is 5.77. The molecule has 0 radical (unpaired) electrons. The number of hydrogen-bond donors (Lipinski definition) is 1.